The molecule has 0 spiro atoms. The second-order valence-corrected chi connectivity index (χ2v) is 10.0. The third-order valence-corrected chi connectivity index (χ3v) is 7.23. The standard InChI is InChI=1S/C26H37F2N5O2/c1-26(7-10-35-11-8-26)17-32-23-13-18(15-31-25(23)28)21-14-24(30-16-22(21)27)33-20-5-3-19(4-6-20)29-9-12-34-2/h13-16,19-20,29,32H,3-12,17H2,1-2H3,(H,30,33). The van der Waals surface area contributed by atoms with Crippen LogP contribution in [0.25, 0.3) is 11.1 Å². The maximum absolute atomic E-state index is 14.7. The van der Waals surface area contributed by atoms with Crippen LogP contribution in [0.15, 0.2) is 24.5 Å². The summed E-state index contributed by atoms with van der Waals surface area (Å²) in [5.74, 6) is -0.434. The molecular weight excluding hydrogens is 452 g/mol. The Morgan fingerprint density at radius 3 is 2.54 bits per heavy atom. The molecule has 2 aromatic rings. The van der Waals surface area contributed by atoms with Gasteiger partial charge < -0.3 is 25.4 Å². The summed E-state index contributed by atoms with van der Waals surface area (Å²) >= 11 is 0. The zero-order valence-electron chi connectivity index (χ0n) is 20.7. The summed E-state index contributed by atoms with van der Waals surface area (Å²) in [6.07, 6.45) is 8.56. The number of halogens is 2. The van der Waals surface area contributed by atoms with Crippen molar-refractivity contribution in [1.29, 1.82) is 0 Å². The lowest BCUT2D eigenvalue weighted by atomic mass is 9.82. The van der Waals surface area contributed by atoms with Crippen molar-refractivity contribution in [3.8, 4) is 11.1 Å². The number of pyridine rings is 2. The Balaban J connectivity index is 1.40. The molecule has 2 aromatic heterocycles. The average molecular weight is 490 g/mol. The normalized spacial score (nSPS) is 22.1. The van der Waals surface area contributed by atoms with E-state index in [4.69, 9.17) is 9.47 Å². The minimum absolute atomic E-state index is 0.0258. The lowest BCUT2D eigenvalue weighted by Crippen LogP contribution is -2.38. The van der Waals surface area contributed by atoms with E-state index < -0.39 is 11.8 Å². The number of ether oxygens (including phenoxy) is 2. The van der Waals surface area contributed by atoms with Gasteiger partial charge in [-0.1, -0.05) is 6.92 Å². The molecule has 7 nitrogen and oxygen atoms in total. The van der Waals surface area contributed by atoms with Crippen LogP contribution in [0.5, 0.6) is 0 Å². The fourth-order valence-electron chi connectivity index (χ4n) is 4.82. The highest BCUT2D eigenvalue weighted by Crippen LogP contribution is 2.32. The summed E-state index contributed by atoms with van der Waals surface area (Å²) in [7, 11) is 1.71. The van der Waals surface area contributed by atoms with E-state index in [1.165, 1.54) is 12.4 Å². The first-order chi connectivity index (χ1) is 17.0. The van der Waals surface area contributed by atoms with Crippen LogP contribution in [0.1, 0.15) is 45.4 Å². The highest BCUT2D eigenvalue weighted by atomic mass is 19.1. The molecule has 0 radical (unpaired) electrons. The van der Waals surface area contributed by atoms with Crippen molar-refractivity contribution in [1.82, 2.24) is 15.3 Å². The third-order valence-electron chi connectivity index (χ3n) is 7.23. The van der Waals surface area contributed by atoms with E-state index in [2.05, 4.69) is 32.8 Å². The maximum atomic E-state index is 14.7. The molecule has 3 N–H and O–H groups in total. The van der Waals surface area contributed by atoms with E-state index in [0.29, 0.717) is 49.4 Å². The molecular formula is C26H37F2N5O2. The fraction of sp³-hybridized carbons (Fsp3) is 0.615. The van der Waals surface area contributed by atoms with Crippen molar-refractivity contribution in [3.05, 3.63) is 36.3 Å². The van der Waals surface area contributed by atoms with Gasteiger partial charge in [0.25, 0.3) is 0 Å². The highest BCUT2D eigenvalue weighted by Gasteiger charge is 2.27. The Morgan fingerprint density at radius 1 is 1.06 bits per heavy atom. The van der Waals surface area contributed by atoms with Gasteiger partial charge in [0.15, 0.2) is 0 Å². The lowest BCUT2D eigenvalue weighted by Gasteiger charge is -2.33. The second-order valence-electron chi connectivity index (χ2n) is 10.0. The Bertz CT molecular complexity index is 963. The molecule has 1 saturated heterocycles. The first-order valence-corrected chi connectivity index (χ1v) is 12.6. The predicted molar refractivity (Wildman–Crippen MR) is 134 cm³/mol. The van der Waals surface area contributed by atoms with Crippen molar-refractivity contribution < 1.29 is 18.3 Å². The number of nitrogens with one attached hydrogen (secondary N) is 3. The quantitative estimate of drug-likeness (QED) is 0.332. The van der Waals surface area contributed by atoms with Gasteiger partial charge in [-0.25, -0.2) is 14.4 Å². The number of hydrogen-bond donors (Lipinski definition) is 3. The van der Waals surface area contributed by atoms with E-state index >= 15 is 0 Å². The van der Waals surface area contributed by atoms with Crippen LogP contribution in [0, 0.1) is 17.2 Å². The van der Waals surface area contributed by atoms with Crippen molar-refractivity contribution in [2.24, 2.45) is 5.41 Å². The largest absolute Gasteiger partial charge is 0.383 e. The number of methoxy groups -OCH3 is 1. The monoisotopic (exact) mass is 489 g/mol. The lowest BCUT2D eigenvalue weighted by molar-refractivity contribution is 0.0300. The van der Waals surface area contributed by atoms with E-state index in [1.54, 1.807) is 19.2 Å². The van der Waals surface area contributed by atoms with Gasteiger partial charge in [-0.2, -0.15) is 4.39 Å². The smallest absolute Gasteiger partial charge is 0.236 e. The Morgan fingerprint density at radius 2 is 1.80 bits per heavy atom. The average Bonchev–Trinajstić information content (AvgIpc) is 2.86. The zero-order valence-corrected chi connectivity index (χ0v) is 20.7. The van der Waals surface area contributed by atoms with Crippen LogP contribution in [-0.4, -0.2) is 62.1 Å². The SMILES string of the molecule is COCCNC1CCC(Nc2cc(-c3cnc(F)c(NCC4(C)CCOCC4)c3)c(F)cn2)CC1. The molecule has 4 rings (SSSR count). The van der Waals surface area contributed by atoms with Gasteiger partial charge in [-0.05, 0) is 56.1 Å². The molecule has 35 heavy (non-hydrogen) atoms. The van der Waals surface area contributed by atoms with Crippen molar-refractivity contribution in [2.45, 2.75) is 57.5 Å². The van der Waals surface area contributed by atoms with Gasteiger partial charge in [0.05, 0.1) is 18.5 Å². The topological polar surface area (TPSA) is 80.3 Å². The molecule has 1 aliphatic heterocycles. The first-order valence-electron chi connectivity index (χ1n) is 12.6. The molecule has 3 heterocycles. The summed E-state index contributed by atoms with van der Waals surface area (Å²) < 4.78 is 39.7. The van der Waals surface area contributed by atoms with Crippen molar-refractivity contribution >= 4 is 11.5 Å². The van der Waals surface area contributed by atoms with Crippen LogP contribution in [-0.2, 0) is 9.47 Å². The van der Waals surface area contributed by atoms with E-state index in [9.17, 15) is 8.78 Å². The molecule has 0 atom stereocenters. The van der Waals surface area contributed by atoms with Crippen LogP contribution >= 0.6 is 0 Å². The Labute approximate surface area is 206 Å². The number of rotatable bonds is 10. The summed E-state index contributed by atoms with van der Waals surface area (Å²) in [4.78, 5) is 8.13. The minimum atomic E-state index is -0.590. The molecule has 192 valence electrons. The summed E-state index contributed by atoms with van der Waals surface area (Å²) in [5.41, 5.74) is 1.17. The van der Waals surface area contributed by atoms with E-state index in [-0.39, 0.29) is 17.1 Å². The van der Waals surface area contributed by atoms with Gasteiger partial charge >= 0.3 is 0 Å². The molecule has 0 unspecified atom stereocenters. The Hall–Kier alpha value is -2.36. The van der Waals surface area contributed by atoms with Crippen LogP contribution in [0.4, 0.5) is 20.3 Å². The molecule has 9 heteroatoms. The predicted octanol–water partition coefficient (Wildman–Crippen LogP) is 4.61. The first kappa shape index (κ1) is 25.7. The summed E-state index contributed by atoms with van der Waals surface area (Å²) in [5, 5.41) is 10.2. The van der Waals surface area contributed by atoms with Gasteiger partial charge in [-0.3, -0.25) is 0 Å². The van der Waals surface area contributed by atoms with Gasteiger partial charge in [0.1, 0.15) is 11.6 Å². The zero-order chi connectivity index (χ0) is 24.7. The minimum Gasteiger partial charge on any atom is -0.383 e. The van der Waals surface area contributed by atoms with Crippen LogP contribution < -0.4 is 16.0 Å². The van der Waals surface area contributed by atoms with Crippen molar-refractivity contribution in [3.63, 3.8) is 0 Å². The number of anilines is 2. The van der Waals surface area contributed by atoms with Crippen LogP contribution in [0.3, 0.4) is 0 Å². The summed E-state index contributed by atoms with van der Waals surface area (Å²) in [6.45, 7) is 5.77. The molecule has 0 amide bonds. The van der Waals surface area contributed by atoms with Gasteiger partial charge in [0.2, 0.25) is 5.95 Å². The number of nitrogens with zero attached hydrogens (tertiary/aromatic N) is 2. The number of hydrogen-bond acceptors (Lipinski definition) is 7. The molecule has 2 aliphatic rings. The molecule has 2 fully saturated rings. The molecule has 1 saturated carbocycles. The number of aromatic nitrogens is 2. The maximum Gasteiger partial charge on any atom is 0.236 e. The van der Waals surface area contributed by atoms with Gasteiger partial charge in [-0.15, -0.1) is 0 Å². The van der Waals surface area contributed by atoms with E-state index in [1.807, 2.05) is 0 Å². The van der Waals surface area contributed by atoms with Crippen LogP contribution in [0.2, 0.25) is 0 Å². The second kappa shape index (κ2) is 12.1. The van der Waals surface area contributed by atoms with Crippen molar-refractivity contribution in [2.75, 3.05) is 50.7 Å². The third kappa shape index (κ3) is 7.08. The summed E-state index contributed by atoms with van der Waals surface area (Å²) in [6, 6.07) is 4.10. The molecule has 0 aromatic carbocycles. The van der Waals surface area contributed by atoms with E-state index in [0.717, 1.165) is 45.1 Å². The Kier molecular flexibility index (Phi) is 8.86. The fourth-order valence-corrected chi connectivity index (χ4v) is 4.82. The van der Waals surface area contributed by atoms with Gasteiger partial charge in [0, 0.05) is 62.8 Å². The molecule has 0 bridgehead atoms. The highest BCUT2D eigenvalue weighted by molar-refractivity contribution is 5.69. The molecule has 1 aliphatic carbocycles.